The lowest BCUT2D eigenvalue weighted by atomic mass is 10.2. The van der Waals surface area contributed by atoms with E-state index in [2.05, 4.69) is 10.2 Å². The summed E-state index contributed by atoms with van der Waals surface area (Å²) >= 11 is 12.2. The number of nitrogens with one attached hydrogen (secondary N) is 1. The zero-order chi connectivity index (χ0) is 20.7. The average molecular weight is 450 g/mol. The van der Waals surface area contributed by atoms with Gasteiger partial charge in [-0.3, -0.25) is 9.10 Å². The van der Waals surface area contributed by atoms with Crippen LogP contribution in [0.2, 0.25) is 10.0 Å². The van der Waals surface area contributed by atoms with Gasteiger partial charge in [-0.25, -0.2) is 8.42 Å². The molecule has 0 spiro atoms. The number of anilines is 1. The van der Waals surface area contributed by atoms with Gasteiger partial charge in [0.05, 0.1) is 17.0 Å². The molecule has 9 heteroatoms. The van der Waals surface area contributed by atoms with Crippen LogP contribution < -0.4 is 9.62 Å². The predicted molar refractivity (Wildman–Crippen MR) is 116 cm³/mol. The van der Waals surface area contributed by atoms with Crippen molar-refractivity contribution in [3.8, 4) is 0 Å². The molecule has 0 saturated carbocycles. The fraction of sp³-hybridized carbons (Fsp3) is 0.632. The lowest BCUT2D eigenvalue weighted by molar-refractivity contribution is -0.121. The Morgan fingerprint density at radius 2 is 1.86 bits per heavy atom. The van der Waals surface area contributed by atoms with Crippen LogP contribution in [-0.4, -0.2) is 57.7 Å². The molecule has 0 unspecified atom stereocenters. The quantitative estimate of drug-likeness (QED) is 0.616. The molecule has 0 radical (unpaired) electrons. The third kappa shape index (κ3) is 6.79. The van der Waals surface area contributed by atoms with E-state index in [1.807, 2.05) is 0 Å². The van der Waals surface area contributed by atoms with E-state index < -0.39 is 16.1 Å². The van der Waals surface area contributed by atoms with Gasteiger partial charge < -0.3 is 10.2 Å². The van der Waals surface area contributed by atoms with E-state index in [4.69, 9.17) is 23.2 Å². The van der Waals surface area contributed by atoms with E-state index in [0.29, 0.717) is 11.6 Å². The normalized spacial score (nSPS) is 17.0. The van der Waals surface area contributed by atoms with Crippen LogP contribution in [0, 0.1) is 0 Å². The highest BCUT2D eigenvalue weighted by Crippen LogP contribution is 2.32. The SMILES string of the molecule is C[C@H](C(=O)NCCCN1CCCCCC1)N(c1cc(Cl)ccc1Cl)S(C)(=O)=O. The van der Waals surface area contributed by atoms with Crippen LogP contribution in [0.15, 0.2) is 18.2 Å². The van der Waals surface area contributed by atoms with Crippen molar-refractivity contribution in [2.75, 3.05) is 36.7 Å². The molecule has 0 aliphatic carbocycles. The molecule has 6 nitrogen and oxygen atoms in total. The molecular formula is C19H29Cl2N3O3S. The van der Waals surface area contributed by atoms with Gasteiger partial charge in [-0.1, -0.05) is 36.0 Å². The molecular weight excluding hydrogens is 421 g/mol. The zero-order valence-electron chi connectivity index (χ0n) is 16.5. The predicted octanol–water partition coefficient (Wildman–Crippen LogP) is 3.53. The largest absolute Gasteiger partial charge is 0.354 e. The summed E-state index contributed by atoms with van der Waals surface area (Å²) in [6, 6.07) is 3.60. The van der Waals surface area contributed by atoms with Crippen LogP contribution in [0.1, 0.15) is 39.0 Å². The van der Waals surface area contributed by atoms with Gasteiger partial charge in [-0.05, 0) is 64.0 Å². The minimum absolute atomic E-state index is 0.198. The van der Waals surface area contributed by atoms with Crippen molar-refractivity contribution in [3.05, 3.63) is 28.2 Å². The number of hydrogen-bond acceptors (Lipinski definition) is 4. The minimum Gasteiger partial charge on any atom is -0.354 e. The summed E-state index contributed by atoms with van der Waals surface area (Å²) in [4.78, 5) is 15.0. The number of halogens is 2. The molecule has 1 aliphatic heterocycles. The van der Waals surface area contributed by atoms with Crippen LogP contribution in [0.25, 0.3) is 0 Å². The highest BCUT2D eigenvalue weighted by molar-refractivity contribution is 7.92. The summed E-state index contributed by atoms with van der Waals surface area (Å²) in [6.45, 7) is 5.20. The van der Waals surface area contributed by atoms with E-state index >= 15 is 0 Å². The Labute approximate surface area is 178 Å². The molecule has 1 aromatic carbocycles. The van der Waals surface area contributed by atoms with E-state index in [9.17, 15) is 13.2 Å². The van der Waals surface area contributed by atoms with E-state index in [-0.39, 0.29) is 16.6 Å². The number of amides is 1. The molecule has 1 aromatic rings. The number of rotatable bonds is 8. The van der Waals surface area contributed by atoms with Gasteiger partial charge in [0, 0.05) is 11.6 Å². The van der Waals surface area contributed by atoms with Gasteiger partial charge in [0.1, 0.15) is 6.04 Å². The molecule has 0 aromatic heterocycles. The summed E-state index contributed by atoms with van der Waals surface area (Å²) in [5.74, 6) is -0.364. The summed E-state index contributed by atoms with van der Waals surface area (Å²) in [6.07, 6.45) is 6.92. The number of sulfonamides is 1. The molecule has 1 heterocycles. The second kappa shape index (κ2) is 10.7. The molecule has 2 rings (SSSR count). The van der Waals surface area contributed by atoms with Crippen LogP contribution >= 0.6 is 23.2 Å². The van der Waals surface area contributed by atoms with Crippen molar-refractivity contribution >= 4 is 44.8 Å². The highest BCUT2D eigenvalue weighted by atomic mass is 35.5. The first-order valence-electron chi connectivity index (χ1n) is 9.64. The Balaban J connectivity index is 1.97. The van der Waals surface area contributed by atoms with Crippen LogP contribution in [0.3, 0.4) is 0 Å². The number of likely N-dealkylation sites (tertiary alicyclic amines) is 1. The Kier molecular flexibility index (Phi) is 8.86. The molecule has 0 bridgehead atoms. The highest BCUT2D eigenvalue weighted by Gasteiger charge is 2.30. The Bertz CT molecular complexity index is 766. The smallest absolute Gasteiger partial charge is 0.243 e. The molecule has 1 N–H and O–H groups in total. The van der Waals surface area contributed by atoms with Gasteiger partial charge in [0.25, 0.3) is 0 Å². The maximum atomic E-state index is 12.6. The van der Waals surface area contributed by atoms with Crippen molar-refractivity contribution in [1.29, 1.82) is 0 Å². The van der Waals surface area contributed by atoms with Crippen LogP contribution in [0.5, 0.6) is 0 Å². The van der Waals surface area contributed by atoms with Crippen LogP contribution in [0.4, 0.5) is 5.69 Å². The molecule has 158 valence electrons. The third-order valence-corrected chi connectivity index (χ3v) is 6.67. The zero-order valence-corrected chi connectivity index (χ0v) is 18.8. The van der Waals surface area contributed by atoms with E-state index in [1.165, 1.54) is 37.8 Å². The number of carbonyl (C=O) groups excluding carboxylic acids is 1. The Morgan fingerprint density at radius 1 is 1.21 bits per heavy atom. The van der Waals surface area contributed by atoms with Crippen molar-refractivity contribution in [1.82, 2.24) is 10.2 Å². The first-order chi connectivity index (χ1) is 13.2. The number of nitrogens with zero attached hydrogens (tertiary/aromatic N) is 2. The van der Waals surface area contributed by atoms with Gasteiger partial charge in [-0.2, -0.15) is 0 Å². The first kappa shape index (κ1) is 23.3. The molecule has 1 saturated heterocycles. The average Bonchev–Trinajstić information content (AvgIpc) is 2.89. The maximum absolute atomic E-state index is 12.6. The minimum atomic E-state index is -3.73. The Hall–Kier alpha value is -1.02. The Morgan fingerprint density at radius 3 is 2.46 bits per heavy atom. The number of carbonyl (C=O) groups is 1. The van der Waals surface area contributed by atoms with E-state index in [1.54, 1.807) is 13.0 Å². The van der Waals surface area contributed by atoms with Crippen LogP contribution in [-0.2, 0) is 14.8 Å². The first-order valence-corrected chi connectivity index (χ1v) is 12.2. The van der Waals surface area contributed by atoms with Crippen molar-refractivity contribution in [2.45, 2.75) is 45.1 Å². The standard InChI is InChI=1S/C19H29Cl2N3O3S/c1-15(19(25)22-10-7-13-23-11-5-3-4-6-12-23)24(28(2,26)27)18-14-16(20)8-9-17(18)21/h8-9,14-15H,3-7,10-13H2,1-2H3,(H,22,25)/t15-/m1/s1. The van der Waals surface area contributed by atoms with Gasteiger partial charge >= 0.3 is 0 Å². The van der Waals surface area contributed by atoms with Gasteiger partial charge in [-0.15, -0.1) is 0 Å². The van der Waals surface area contributed by atoms with Gasteiger partial charge in [0.15, 0.2) is 0 Å². The van der Waals surface area contributed by atoms with Crippen molar-refractivity contribution < 1.29 is 13.2 Å². The fourth-order valence-corrected chi connectivity index (χ4v) is 5.06. The number of hydrogen-bond donors (Lipinski definition) is 1. The lowest BCUT2D eigenvalue weighted by Crippen LogP contribution is -2.48. The molecule has 1 aliphatic rings. The maximum Gasteiger partial charge on any atom is 0.243 e. The van der Waals surface area contributed by atoms with E-state index in [0.717, 1.165) is 36.6 Å². The molecule has 1 atom stereocenters. The number of benzene rings is 1. The second-order valence-electron chi connectivity index (χ2n) is 7.23. The molecule has 28 heavy (non-hydrogen) atoms. The summed E-state index contributed by atoms with van der Waals surface area (Å²) in [5, 5.41) is 3.41. The van der Waals surface area contributed by atoms with Gasteiger partial charge in [0.2, 0.25) is 15.9 Å². The topological polar surface area (TPSA) is 69.7 Å². The second-order valence-corrected chi connectivity index (χ2v) is 9.93. The van der Waals surface area contributed by atoms with Crippen molar-refractivity contribution in [3.63, 3.8) is 0 Å². The monoisotopic (exact) mass is 449 g/mol. The summed E-state index contributed by atoms with van der Waals surface area (Å²) in [5.41, 5.74) is 0.198. The lowest BCUT2D eigenvalue weighted by Gasteiger charge is -2.29. The fourth-order valence-electron chi connectivity index (χ4n) is 3.46. The summed E-state index contributed by atoms with van der Waals surface area (Å²) in [7, 11) is -3.73. The van der Waals surface area contributed by atoms with Crippen molar-refractivity contribution in [2.24, 2.45) is 0 Å². The third-order valence-electron chi connectivity index (χ3n) is 4.88. The molecule has 1 fully saturated rings. The summed E-state index contributed by atoms with van der Waals surface area (Å²) < 4.78 is 25.7. The molecule has 1 amide bonds.